The molecule has 0 heterocycles. The van der Waals surface area contributed by atoms with Crippen molar-refractivity contribution in [2.45, 2.75) is 41.0 Å². The molecular formula is C10H18. The topological polar surface area (TPSA) is 0 Å². The van der Waals surface area contributed by atoms with Crippen molar-refractivity contribution in [3.63, 3.8) is 0 Å². The minimum atomic E-state index is 0.512. The molecule has 0 fully saturated rings. The van der Waals surface area contributed by atoms with E-state index in [1.54, 1.807) is 11.1 Å². The Hall–Kier alpha value is -0.260. The molecule has 10 heavy (non-hydrogen) atoms. The molecule has 0 nitrogen and oxygen atoms in total. The van der Waals surface area contributed by atoms with Gasteiger partial charge in [0.1, 0.15) is 0 Å². The molecule has 0 atom stereocenters. The standard InChI is InChI=1S/C10H18/c1-7(2)9-8(3)6-10(9,4)5/h7H,6H2,1-5H3. The second-order valence-corrected chi connectivity index (χ2v) is 4.41. The first kappa shape index (κ1) is 7.84. The Kier molecular flexibility index (Phi) is 1.66. The highest BCUT2D eigenvalue weighted by atomic mass is 14.4. The Labute approximate surface area is 64.3 Å². The van der Waals surface area contributed by atoms with E-state index in [1.807, 2.05) is 0 Å². The highest BCUT2D eigenvalue weighted by molar-refractivity contribution is 5.32. The van der Waals surface area contributed by atoms with Gasteiger partial charge in [0, 0.05) is 0 Å². The molecule has 0 amide bonds. The molecule has 58 valence electrons. The summed E-state index contributed by atoms with van der Waals surface area (Å²) in [6, 6.07) is 0. The lowest BCUT2D eigenvalue weighted by Gasteiger charge is -2.42. The van der Waals surface area contributed by atoms with E-state index < -0.39 is 0 Å². The zero-order valence-electron chi connectivity index (χ0n) is 7.78. The van der Waals surface area contributed by atoms with Crippen LogP contribution < -0.4 is 0 Å². The molecule has 1 aliphatic carbocycles. The fourth-order valence-electron chi connectivity index (χ4n) is 2.60. The maximum absolute atomic E-state index is 2.34. The molecule has 1 rings (SSSR count). The smallest absolute Gasteiger partial charge is 0.0102 e. The summed E-state index contributed by atoms with van der Waals surface area (Å²) in [5.74, 6) is 0.753. The molecule has 0 aromatic heterocycles. The van der Waals surface area contributed by atoms with Gasteiger partial charge in [-0.25, -0.2) is 0 Å². The third-order valence-electron chi connectivity index (χ3n) is 2.47. The van der Waals surface area contributed by atoms with E-state index in [2.05, 4.69) is 34.6 Å². The molecule has 0 aromatic carbocycles. The average Bonchev–Trinajstić information content (AvgIpc) is 1.58. The molecule has 0 radical (unpaired) electrons. The lowest BCUT2D eigenvalue weighted by atomic mass is 9.63. The van der Waals surface area contributed by atoms with Crippen LogP contribution in [0.5, 0.6) is 0 Å². The fraction of sp³-hybridized carbons (Fsp3) is 0.800. The van der Waals surface area contributed by atoms with Gasteiger partial charge in [-0.2, -0.15) is 0 Å². The van der Waals surface area contributed by atoms with E-state index in [1.165, 1.54) is 6.42 Å². The Morgan fingerprint density at radius 3 is 1.90 bits per heavy atom. The molecule has 0 aromatic rings. The van der Waals surface area contributed by atoms with Gasteiger partial charge in [0.25, 0.3) is 0 Å². The fourth-order valence-corrected chi connectivity index (χ4v) is 2.60. The minimum Gasteiger partial charge on any atom is -0.0725 e. The summed E-state index contributed by atoms with van der Waals surface area (Å²) in [7, 11) is 0. The Morgan fingerprint density at radius 1 is 1.30 bits per heavy atom. The van der Waals surface area contributed by atoms with Crippen LogP contribution in [0.25, 0.3) is 0 Å². The molecule has 0 bridgehead atoms. The van der Waals surface area contributed by atoms with Crippen molar-refractivity contribution in [1.82, 2.24) is 0 Å². The summed E-state index contributed by atoms with van der Waals surface area (Å²) >= 11 is 0. The minimum absolute atomic E-state index is 0.512. The van der Waals surface area contributed by atoms with Gasteiger partial charge in [0.15, 0.2) is 0 Å². The van der Waals surface area contributed by atoms with E-state index in [0.717, 1.165) is 5.92 Å². The summed E-state index contributed by atoms with van der Waals surface area (Å²) in [5, 5.41) is 0. The van der Waals surface area contributed by atoms with Crippen LogP contribution >= 0.6 is 0 Å². The summed E-state index contributed by atoms with van der Waals surface area (Å²) in [4.78, 5) is 0. The number of rotatable bonds is 1. The summed E-state index contributed by atoms with van der Waals surface area (Å²) in [6.45, 7) is 11.5. The zero-order chi connectivity index (χ0) is 7.94. The largest absolute Gasteiger partial charge is 0.0725 e. The summed E-state index contributed by atoms with van der Waals surface area (Å²) in [5.41, 5.74) is 3.82. The highest BCUT2D eigenvalue weighted by Crippen LogP contribution is 2.48. The second-order valence-electron chi connectivity index (χ2n) is 4.41. The Balaban J connectivity index is 2.83. The lowest BCUT2D eigenvalue weighted by Crippen LogP contribution is -2.29. The van der Waals surface area contributed by atoms with Crippen molar-refractivity contribution in [2.75, 3.05) is 0 Å². The molecular weight excluding hydrogens is 120 g/mol. The molecule has 0 spiro atoms. The van der Waals surface area contributed by atoms with Gasteiger partial charge in [-0.1, -0.05) is 38.8 Å². The van der Waals surface area contributed by atoms with Crippen LogP contribution in [0.3, 0.4) is 0 Å². The molecule has 1 aliphatic rings. The SMILES string of the molecule is CC1=C(C(C)C)C(C)(C)C1. The zero-order valence-corrected chi connectivity index (χ0v) is 7.78. The van der Waals surface area contributed by atoms with Crippen LogP contribution in [0, 0.1) is 11.3 Å². The molecule has 0 unspecified atom stereocenters. The van der Waals surface area contributed by atoms with Crippen LogP contribution in [-0.2, 0) is 0 Å². The first-order valence-electron chi connectivity index (χ1n) is 4.15. The molecule has 0 heteroatoms. The van der Waals surface area contributed by atoms with Gasteiger partial charge in [0.2, 0.25) is 0 Å². The number of hydrogen-bond acceptors (Lipinski definition) is 0. The third-order valence-corrected chi connectivity index (χ3v) is 2.47. The first-order chi connectivity index (χ1) is 4.45. The third kappa shape index (κ3) is 1.00. The maximum atomic E-state index is 2.34. The van der Waals surface area contributed by atoms with Crippen molar-refractivity contribution in [2.24, 2.45) is 11.3 Å². The Bertz CT molecular complexity index is 170. The first-order valence-corrected chi connectivity index (χ1v) is 4.15. The quantitative estimate of drug-likeness (QED) is 0.487. The van der Waals surface area contributed by atoms with Crippen molar-refractivity contribution in [1.29, 1.82) is 0 Å². The van der Waals surface area contributed by atoms with E-state index in [9.17, 15) is 0 Å². The normalized spacial score (nSPS) is 23.4. The maximum Gasteiger partial charge on any atom is -0.0102 e. The molecule has 0 saturated heterocycles. The van der Waals surface area contributed by atoms with Crippen LogP contribution in [0.4, 0.5) is 0 Å². The van der Waals surface area contributed by atoms with Gasteiger partial charge in [0.05, 0.1) is 0 Å². The van der Waals surface area contributed by atoms with Crippen LogP contribution in [0.2, 0.25) is 0 Å². The predicted molar refractivity (Wildman–Crippen MR) is 45.9 cm³/mol. The summed E-state index contributed by atoms with van der Waals surface area (Å²) in [6.07, 6.45) is 1.31. The van der Waals surface area contributed by atoms with E-state index in [4.69, 9.17) is 0 Å². The monoisotopic (exact) mass is 138 g/mol. The van der Waals surface area contributed by atoms with Crippen molar-refractivity contribution in [3.8, 4) is 0 Å². The number of allylic oxidation sites excluding steroid dienone is 2. The van der Waals surface area contributed by atoms with Gasteiger partial charge in [-0.15, -0.1) is 0 Å². The molecule has 0 saturated carbocycles. The van der Waals surface area contributed by atoms with Gasteiger partial charge >= 0.3 is 0 Å². The second kappa shape index (κ2) is 2.11. The van der Waals surface area contributed by atoms with Gasteiger partial charge in [-0.3, -0.25) is 0 Å². The average molecular weight is 138 g/mol. The van der Waals surface area contributed by atoms with Gasteiger partial charge < -0.3 is 0 Å². The lowest BCUT2D eigenvalue weighted by molar-refractivity contribution is 0.336. The predicted octanol–water partition coefficient (Wildman–Crippen LogP) is 3.39. The van der Waals surface area contributed by atoms with Crippen molar-refractivity contribution in [3.05, 3.63) is 11.1 Å². The highest BCUT2D eigenvalue weighted by Gasteiger charge is 2.35. The van der Waals surface area contributed by atoms with Crippen LogP contribution in [0.1, 0.15) is 41.0 Å². The van der Waals surface area contributed by atoms with E-state index in [-0.39, 0.29) is 0 Å². The van der Waals surface area contributed by atoms with E-state index in [0.29, 0.717) is 5.41 Å². The van der Waals surface area contributed by atoms with Crippen LogP contribution in [0.15, 0.2) is 11.1 Å². The van der Waals surface area contributed by atoms with Crippen molar-refractivity contribution >= 4 is 0 Å². The Morgan fingerprint density at radius 2 is 1.80 bits per heavy atom. The molecule has 0 N–H and O–H groups in total. The number of hydrogen-bond donors (Lipinski definition) is 0. The van der Waals surface area contributed by atoms with Crippen LogP contribution in [-0.4, -0.2) is 0 Å². The van der Waals surface area contributed by atoms with Gasteiger partial charge in [-0.05, 0) is 24.7 Å². The summed E-state index contributed by atoms with van der Waals surface area (Å²) < 4.78 is 0. The van der Waals surface area contributed by atoms with E-state index >= 15 is 0 Å². The molecule has 0 aliphatic heterocycles. The van der Waals surface area contributed by atoms with Crippen molar-refractivity contribution < 1.29 is 0 Å².